The Morgan fingerprint density at radius 1 is 0.386 bits per heavy atom. The zero-order valence-electron chi connectivity index (χ0n) is 38.4. The fourth-order valence-corrected chi connectivity index (χ4v) is 10.5. The fourth-order valence-electron chi connectivity index (χ4n) is 10.5. The Hall–Kier alpha value is -8.35. The molecule has 0 unspecified atom stereocenters. The molecule has 0 aliphatic heterocycles. The van der Waals surface area contributed by atoms with E-state index < -0.39 is 29.0 Å². The van der Waals surface area contributed by atoms with Gasteiger partial charge >= 0.3 is 12.4 Å². The van der Waals surface area contributed by atoms with E-state index in [2.05, 4.69) is 75.4 Å². The van der Waals surface area contributed by atoms with E-state index in [0.29, 0.717) is 40.2 Å². The molecule has 0 saturated heterocycles. The largest absolute Gasteiger partial charge is 0.417 e. The summed E-state index contributed by atoms with van der Waals surface area (Å²) in [6, 6.07) is 54.7. The first-order chi connectivity index (χ1) is 33.6. The molecule has 0 amide bonds. The molecule has 0 aliphatic carbocycles. The van der Waals surface area contributed by atoms with Crippen molar-refractivity contribution in [3.63, 3.8) is 0 Å². The lowest BCUT2D eigenvalue weighted by Crippen LogP contribution is -2.14. The average molecular weight is 930 g/mol. The molecular formula is C61H41F6N3. The van der Waals surface area contributed by atoms with Crippen LogP contribution in [0.3, 0.4) is 0 Å². The van der Waals surface area contributed by atoms with Crippen molar-refractivity contribution in [1.29, 1.82) is 5.26 Å². The normalized spacial score (nSPS) is 12.1. The summed E-state index contributed by atoms with van der Waals surface area (Å²) in [7, 11) is 0. The lowest BCUT2D eigenvalue weighted by Gasteiger charge is -2.22. The van der Waals surface area contributed by atoms with E-state index in [-0.39, 0.29) is 5.56 Å². The molecule has 9 aromatic carbocycles. The van der Waals surface area contributed by atoms with Gasteiger partial charge in [-0.05, 0) is 139 Å². The summed E-state index contributed by atoms with van der Waals surface area (Å²) in [4.78, 5) is 0. The number of fused-ring (bicyclic) bond motifs is 6. The highest BCUT2D eigenvalue weighted by Gasteiger charge is 2.41. The zero-order chi connectivity index (χ0) is 48.8. The minimum Gasteiger partial charge on any atom is -0.309 e. The van der Waals surface area contributed by atoms with Crippen molar-refractivity contribution in [1.82, 2.24) is 9.13 Å². The maximum absolute atomic E-state index is 15.0. The molecule has 2 heterocycles. The molecule has 0 atom stereocenters. The minimum absolute atomic E-state index is 0.271. The lowest BCUT2D eigenvalue weighted by molar-refractivity contribution is -0.142. The predicted molar refractivity (Wildman–Crippen MR) is 271 cm³/mol. The Balaban J connectivity index is 1.25. The number of halogens is 6. The van der Waals surface area contributed by atoms with Crippen LogP contribution < -0.4 is 0 Å². The number of benzene rings is 9. The number of rotatable bonds is 6. The molecule has 0 N–H and O–H groups in total. The molecule has 70 heavy (non-hydrogen) atoms. The Labute approximate surface area is 399 Å². The molecular weight excluding hydrogens is 889 g/mol. The molecule has 11 rings (SSSR count). The van der Waals surface area contributed by atoms with Crippen LogP contribution >= 0.6 is 0 Å². The average Bonchev–Trinajstić information content (AvgIpc) is 3.85. The van der Waals surface area contributed by atoms with E-state index in [1.165, 1.54) is 12.1 Å². The highest BCUT2D eigenvalue weighted by atomic mass is 19.4. The summed E-state index contributed by atoms with van der Waals surface area (Å²) in [6.07, 6.45) is -10.2. The van der Waals surface area contributed by atoms with E-state index in [4.69, 9.17) is 0 Å². The van der Waals surface area contributed by atoms with Crippen LogP contribution in [0.4, 0.5) is 26.3 Å². The lowest BCUT2D eigenvalue weighted by atomic mass is 9.90. The first-order valence-electron chi connectivity index (χ1n) is 22.8. The number of nitriles is 1. The number of hydrogen-bond acceptors (Lipinski definition) is 1. The molecule has 342 valence electrons. The van der Waals surface area contributed by atoms with Crippen molar-refractivity contribution in [2.24, 2.45) is 0 Å². The van der Waals surface area contributed by atoms with Crippen LogP contribution in [0.15, 0.2) is 176 Å². The monoisotopic (exact) mass is 929 g/mol. The molecule has 0 radical (unpaired) electrons. The van der Waals surface area contributed by atoms with Gasteiger partial charge < -0.3 is 9.13 Å². The summed E-state index contributed by atoms with van der Waals surface area (Å²) in [5.74, 6) is 0. The summed E-state index contributed by atoms with van der Waals surface area (Å²) >= 11 is 0. The molecule has 0 spiro atoms. The molecule has 9 heteroatoms. The summed E-state index contributed by atoms with van der Waals surface area (Å²) in [6.45, 7) is 8.25. The number of aromatic nitrogens is 2. The number of para-hydroxylation sites is 2. The van der Waals surface area contributed by atoms with Crippen LogP contribution in [0.2, 0.25) is 0 Å². The highest BCUT2D eigenvalue weighted by molar-refractivity contribution is 6.13. The highest BCUT2D eigenvalue weighted by Crippen LogP contribution is 2.48. The van der Waals surface area contributed by atoms with Crippen LogP contribution in [-0.2, 0) is 12.4 Å². The van der Waals surface area contributed by atoms with Gasteiger partial charge in [0.05, 0.1) is 56.2 Å². The van der Waals surface area contributed by atoms with Gasteiger partial charge in [0.25, 0.3) is 0 Å². The third kappa shape index (κ3) is 7.30. The predicted octanol–water partition coefficient (Wildman–Crippen LogP) is 17.7. The Bertz CT molecular complexity index is 3960. The van der Waals surface area contributed by atoms with Crippen LogP contribution in [0.25, 0.3) is 99.5 Å². The van der Waals surface area contributed by atoms with Gasteiger partial charge in [0.15, 0.2) is 0 Å². The second-order valence-corrected chi connectivity index (χ2v) is 18.1. The number of aryl methyl sites for hydroxylation is 4. The maximum Gasteiger partial charge on any atom is 0.417 e. The van der Waals surface area contributed by atoms with Crippen molar-refractivity contribution in [2.75, 3.05) is 0 Å². The van der Waals surface area contributed by atoms with Gasteiger partial charge in [-0.15, -0.1) is 0 Å². The van der Waals surface area contributed by atoms with E-state index in [0.717, 1.165) is 94.2 Å². The summed E-state index contributed by atoms with van der Waals surface area (Å²) in [5, 5.41) is 14.1. The molecule has 3 nitrogen and oxygen atoms in total. The van der Waals surface area contributed by atoms with E-state index in [1.54, 1.807) is 24.3 Å². The molecule has 11 aromatic rings. The molecule has 0 bridgehead atoms. The van der Waals surface area contributed by atoms with E-state index >= 15 is 0 Å². The van der Waals surface area contributed by atoms with Crippen molar-refractivity contribution < 1.29 is 26.3 Å². The maximum atomic E-state index is 15.0. The van der Waals surface area contributed by atoms with E-state index in [1.807, 2.05) is 88.9 Å². The van der Waals surface area contributed by atoms with E-state index in [9.17, 15) is 31.6 Å². The fraction of sp³-hybridized carbons (Fsp3) is 0.0984. The standard InChI is InChI=1S/C61H41F6N3/c1-35-16-22-43(37(3)28-35)40-19-25-55-48(31-40)45-10-5-7-14-53(45)69(55)56-27-21-42(59-51(60(62,63)64)12-9-13-52(59)61(65,66)67)33-50(56)47-24-18-39(34-68)30-58(47)70-54-15-8-6-11-46(54)49-32-41(20-26-57(49)70)44-23-17-36(2)29-38(44)4/h5-33H,1-4H3. The molecule has 2 aromatic heterocycles. The zero-order valence-corrected chi connectivity index (χ0v) is 38.4. The third-order valence-electron chi connectivity index (χ3n) is 13.6. The van der Waals surface area contributed by atoms with Crippen LogP contribution in [0.1, 0.15) is 38.9 Å². The second-order valence-electron chi connectivity index (χ2n) is 18.1. The van der Waals surface area contributed by atoms with Crippen molar-refractivity contribution in [2.45, 2.75) is 40.0 Å². The van der Waals surface area contributed by atoms with Gasteiger partial charge in [-0.3, -0.25) is 0 Å². The third-order valence-corrected chi connectivity index (χ3v) is 13.6. The van der Waals surface area contributed by atoms with Crippen LogP contribution in [0.5, 0.6) is 0 Å². The van der Waals surface area contributed by atoms with Crippen LogP contribution in [0, 0.1) is 39.0 Å². The SMILES string of the molecule is Cc1ccc(-c2ccc3c(c2)c2ccccc2n3-c2ccc(-c3c(C(F)(F)F)cccc3C(F)(F)F)cc2-c2ccc(C#N)cc2-n2c3ccccc3c3cc(-c4ccc(C)cc4C)ccc32)c(C)c1. The molecule has 0 aliphatic rings. The smallest absolute Gasteiger partial charge is 0.309 e. The second kappa shape index (κ2) is 16.4. The summed E-state index contributed by atoms with van der Waals surface area (Å²) < 4.78 is 93.9. The van der Waals surface area contributed by atoms with Crippen molar-refractivity contribution in [3.8, 4) is 62.0 Å². The topological polar surface area (TPSA) is 33.6 Å². The number of alkyl halides is 6. The first kappa shape index (κ1) is 44.2. The quantitative estimate of drug-likeness (QED) is 0.153. The molecule has 0 fully saturated rings. The van der Waals surface area contributed by atoms with Gasteiger partial charge in [0.1, 0.15) is 0 Å². The Morgan fingerprint density at radius 3 is 1.36 bits per heavy atom. The van der Waals surface area contributed by atoms with Gasteiger partial charge in [-0.2, -0.15) is 31.6 Å². The Kier molecular flexibility index (Phi) is 10.4. The van der Waals surface area contributed by atoms with Gasteiger partial charge in [-0.25, -0.2) is 0 Å². The van der Waals surface area contributed by atoms with Crippen molar-refractivity contribution >= 4 is 43.6 Å². The van der Waals surface area contributed by atoms with Crippen LogP contribution in [-0.4, -0.2) is 9.13 Å². The number of nitrogens with zero attached hydrogens (tertiary/aromatic N) is 3. The molecule has 0 saturated carbocycles. The van der Waals surface area contributed by atoms with Gasteiger partial charge in [0.2, 0.25) is 0 Å². The Morgan fingerprint density at radius 2 is 0.857 bits per heavy atom. The number of hydrogen-bond donors (Lipinski definition) is 0. The van der Waals surface area contributed by atoms with Crippen molar-refractivity contribution in [3.05, 3.63) is 215 Å². The minimum atomic E-state index is -5.12. The van der Waals surface area contributed by atoms with Gasteiger partial charge in [0, 0.05) is 38.2 Å². The summed E-state index contributed by atoms with van der Waals surface area (Å²) in [5.41, 5.74) is 9.90. The first-order valence-corrected chi connectivity index (χ1v) is 22.8. The van der Waals surface area contributed by atoms with Gasteiger partial charge in [-0.1, -0.05) is 114 Å².